The second-order valence-electron chi connectivity index (χ2n) is 6.07. The van der Waals surface area contributed by atoms with Gasteiger partial charge in [0, 0.05) is 12.5 Å². The van der Waals surface area contributed by atoms with Crippen molar-refractivity contribution in [1.82, 2.24) is 5.32 Å². The average Bonchev–Trinajstić information content (AvgIpc) is 3.30. The first-order valence-corrected chi connectivity index (χ1v) is 9.42. The van der Waals surface area contributed by atoms with Gasteiger partial charge in [0.05, 0.1) is 5.75 Å². The van der Waals surface area contributed by atoms with Crippen LogP contribution in [0.5, 0.6) is 0 Å². The highest BCUT2D eigenvalue weighted by Gasteiger charge is 2.43. The van der Waals surface area contributed by atoms with E-state index in [-0.39, 0.29) is 23.5 Å². The maximum atomic E-state index is 12.1. The zero-order chi connectivity index (χ0) is 16.4. The lowest BCUT2D eigenvalue weighted by Crippen LogP contribution is -2.28. The van der Waals surface area contributed by atoms with Crippen LogP contribution in [0, 0.1) is 5.92 Å². The topological polar surface area (TPSA) is 89.3 Å². The fourth-order valence-corrected chi connectivity index (χ4v) is 3.45. The van der Waals surface area contributed by atoms with Gasteiger partial charge in [-0.25, -0.2) is 13.6 Å². The number of primary sulfonamides is 1. The molecular formula is C17H20N2O3S. The van der Waals surface area contributed by atoms with Gasteiger partial charge < -0.3 is 5.32 Å². The Morgan fingerprint density at radius 2 is 1.91 bits per heavy atom. The van der Waals surface area contributed by atoms with E-state index in [2.05, 4.69) is 35.6 Å². The molecular weight excluding hydrogens is 312 g/mol. The minimum absolute atomic E-state index is 0.00224. The van der Waals surface area contributed by atoms with Gasteiger partial charge in [-0.1, -0.05) is 42.5 Å². The monoisotopic (exact) mass is 332 g/mol. The maximum absolute atomic E-state index is 12.1. The lowest BCUT2D eigenvalue weighted by atomic mass is 10.0. The molecule has 1 saturated carbocycles. The number of sulfonamides is 1. The first-order chi connectivity index (χ1) is 10.9. The van der Waals surface area contributed by atoms with Gasteiger partial charge >= 0.3 is 0 Å². The van der Waals surface area contributed by atoms with Crippen LogP contribution in [0.1, 0.15) is 24.3 Å². The van der Waals surface area contributed by atoms with Crippen LogP contribution in [0.3, 0.4) is 0 Å². The molecule has 1 aliphatic carbocycles. The Bertz CT molecular complexity index is 833. The molecule has 2 aromatic rings. The van der Waals surface area contributed by atoms with Crippen molar-refractivity contribution in [2.24, 2.45) is 11.1 Å². The van der Waals surface area contributed by atoms with E-state index in [4.69, 9.17) is 5.14 Å². The van der Waals surface area contributed by atoms with Gasteiger partial charge in [0.25, 0.3) is 0 Å². The second-order valence-corrected chi connectivity index (χ2v) is 7.80. The third-order valence-electron chi connectivity index (χ3n) is 4.23. The summed E-state index contributed by atoms with van der Waals surface area (Å²) < 4.78 is 21.7. The van der Waals surface area contributed by atoms with Crippen LogP contribution in [-0.2, 0) is 14.8 Å². The van der Waals surface area contributed by atoms with Gasteiger partial charge in [0.15, 0.2) is 0 Å². The molecule has 23 heavy (non-hydrogen) atoms. The number of fused-ring (bicyclic) bond motifs is 1. The number of rotatable bonds is 6. The van der Waals surface area contributed by atoms with Crippen LogP contribution in [0.4, 0.5) is 0 Å². The molecule has 1 aliphatic rings. The standard InChI is InChI=1S/C17H20N2O3S/c18-23(21,22)9-3-8-19-17(20)16-11-15(16)14-7-6-12-4-1-2-5-13(12)10-14/h1-2,4-7,10,15-16H,3,8-9,11H2,(H,19,20)(H2,18,21,22)/t15-,16-/m0/s1. The predicted octanol–water partition coefficient (Wildman–Crippen LogP) is 1.74. The normalized spacial score (nSPS) is 20.4. The quantitative estimate of drug-likeness (QED) is 0.790. The summed E-state index contributed by atoms with van der Waals surface area (Å²) in [4.78, 5) is 12.1. The Balaban J connectivity index is 1.54. The van der Waals surface area contributed by atoms with Crippen molar-refractivity contribution in [3.63, 3.8) is 0 Å². The van der Waals surface area contributed by atoms with Crippen molar-refractivity contribution in [3.05, 3.63) is 48.0 Å². The number of carbonyl (C=O) groups excluding carboxylic acids is 1. The average molecular weight is 332 g/mol. The molecule has 0 saturated heterocycles. The first kappa shape index (κ1) is 16.0. The molecule has 6 heteroatoms. The molecule has 0 radical (unpaired) electrons. The minimum Gasteiger partial charge on any atom is -0.356 e. The Morgan fingerprint density at radius 3 is 2.65 bits per heavy atom. The van der Waals surface area contributed by atoms with Crippen molar-refractivity contribution in [2.45, 2.75) is 18.8 Å². The molecule has 0 heterocycles. The molecule has 1 fully saturated rings. The van der Waals surface area contributed by atoms with Gasteiger partial charge in [-0.15, -0.1) is 0 Å². The van der Waals surface area contributed by atoms with Crippen LogP contribution in [0.2, 0.25) is 0 Å². The molecule has 2 atom stereocenters. The zero-order valence-corrected chi connectivity index (χ0v) is 13.6. The maximum Gasteiger partial charge on any atom is 0.223 e. The van der Waals surface area contributed by atoms with E-state index in [0.717, 1.165) is 6.42 Å². The van der Waals surface area contributed by atoms with Crippen LogP contribution < -0.4 is 10.5 Å². The van der Waals surface area contributed by atoms with Crippen LogP contribution in [0.25, 0.3) is 10.8 Å². The van der Waals surface area contributed by atoms with Gasteiger partial charge in [-0.3, -0.25) is 4.79 Å². The molecule has 122 valence electrons. The van der Waals surface area contributed by atoms with E-state index in [1.54, 1.807) is 0 Å². The van der Waals surface area contributed by atoms with Gasteiger partial charge in [0.2, 0.25) is 15.9 Å². The SMILES string of the molecule is NS(=O)(=O)CCCNC(=O)[C@H]1C[C@H]1c1ccc2ccccc2c1. The Hall–Kier alpha value is -1.92. The lowest BCUT2D eigenvalue weighted by molar-refractivity contribution is -0.122. The number of amides is 1. The van der Waals surface area contributed by atoms with Gasteiger partial charge in [-0.05, 0) is 35.1 Å². The lowest BCUT2D eigenvalue weighted by Gasteiger charge is -2.05. The fraction of sp³-hybridized carbons (Fsp3) is 0.353. The van der Waals surface area contributed by atoms with Gasteiger partial charge in [-0.2, -0.15) is 0 Å². The van der Waals surface area contributed by atoms with E-state index in [0.29, 0.717) is 13.0 Å². The Kier molecular flexibility index (Phi) is 4.37. The fourth-order valence-electron chi connectivity index (χ4n) is 2.91. The first-order valence-electron chi connectivity index (χ1n) is 7.71. The van der Waals surface area contributed by atoms with Crippen LogP contribution in [-0.4, -0.2) is 26.6 Å². The van der Waals surface area contributed by atoms with E-state index < -0.39 is 10.0 Å². The molecule has 0 aliphatic heterocycles. The third kappa shape index (κ3) is 4.09. The van der Waals surface area contributed by atoms with E-state index >= 15 is 0 Å². The predicted molar refractivity (Wildman–Crippen MR) is 90.4 cm³/mol. The van der Waals surface area contributed by atoms with Gasteiger partial charge in [0.1, 0.15) is 0 Å². The number of hydrogen-bond donors (Lipinski definition) is 2. The summed E-state index contributed by atoms with van der Waals surface area (Å²) in [6, 6.07) is 14.5. The number of nitrogens with two attached hydrogens (primary N) is 1. The summed E-state index contributed by atoms with van der Waals surface area (Å²) in [5, 5.41) is 10.1. The highest BCUT2D eigenvalue weighted by molar-refractivity contribution is 7.89. The molecule has 2 aromatic carbocycles. The summed E-state index contributed by atoms with van der Waals surface area (Å²) in [5.41, 5.74) is 1.19. The van der Waals surface area contributed by atoms with E-state index in [1.807, 2.05) is 12.1 Å². The molecule has 3 N–H and O–H groups in total. The summed E-state index contributed by atoms with van der Waals surface area (Å²) >= 11 is 0. The largest absolute Gasteiger partial charge is 0.356 e. The molecule has 0 bridgehead atoms. The van der Waals surface area contributed by atoms with E-state index in [1.165, 1.54) is 16.3 Å². The molecule has 0 unspecified atom stereocenters. The summed E-state index contributed by atoms with van der Waals surface area (Å²) in [5.74, 6) is 0.146. The van der Waals surface area contributed by atoms with Crippen molar-refractivity contribution >= 4 is 26.7 Å². The molecule has 1 amide bonds. The van der Waals surface area contributed by atoms with Crippen molar-refractivity contribution in [2.75, 3.05) is 12.3 Å². The second kappa shape index (κ2) is 6.29. The van der Waals surface area contributed by atoms with Crippen molar-refractivity contribution in [3.8, 4) is 0 Å². The Labute approximate surface area is 135 Å². The number of hydrogen-bond acceptors (Lipinski definition) is 3. The minimum atomic E-state index is -3.45. The van der Waals surface area contributed by atoms with Crippen LogP contribution in [0.15, 0.2) is 42.5 Å². The summed E-state index contributed by atoms with van der Waals surface area (Å²) in [6.45, 7) is 0.343. The number of carbonyl (C=O) groups is 1. The number of nitrogens with one attached hydrogen (secondary N) is 1. The summed E-state index contributed by atoms with van der Waals surface area (Å²) in [7, 11) is -3.45. The van der Waals surface area contributed by atoms with Crippen LogP contribution >= 0.6 is 0 Å². The molecule has 5 nitrogen and oxygen atoms in total. The highest BCUT2D eigenvalue weighted by atomic mass is 32.2. The third-order valence-corrected chi connectivity index (χ3v) is 5.09. The molecule has 0 spiro atoms. The molecule has 3 rings (SSSR count). The summed E-state index contributed by atoms with van der Waals surface area (Å²) in [6.07, 6.45) is 1.19. The number of benzene rings is 2. The zero-order valence-electron chi connectivity index (χ0n) is 12.7. The van der Waals surface area contributed by atoms with Crippen molar-refractivity contribution in [1.29, 1.82) is 0 Å². The Morgan fingerprint density at radius 1 is 1.17 bits per heavy atom. The smallest absolute Gasteiger partial charge is 0.223 e. The van der Waals surface area contributed by atoms with Crippen molar-refractivity contribution < 1.29 is 13.2 Å². The highest BCUT2D eigenvalue weighted by Crippen LogP contribution is 2.48. The molecule has 0 aromatic heterocycles. The van der Waals surface area contributed by atoms with E-state index in [9.17, 15) is 13.2 Å².